The van der Waals surface area contributed by atoms with E-state index >= 15 is 0 Å². The molecule has 24 heavy (non-hydrogen) atoms. The number of aromatic nitrogens is 2. The minimum Gasteiger partial charge on any atom is -0.477 e. The number of benzene rings is 1. The lowest BCUT2D eigenvalue weighted by atomic mass is 9.94. The van der Waals surface area contributed by atoms with Crippen molar-refractivity contribution in [2.24, 2.45) is 4.99 Å². The van der Waals surface area contributed by atoms with E-state index in [9.17, 15) is 4.79 Å². The van der Waals surface area contributed by atoms with Gasteiger partial charge in [-0.15, -0.1) is 0 Å². The Hall–Kier alpha value is -2.96. The van der Waals surface area contributed by atoms with Crippen molar-refractivity contribution in [2.45, 2.75) is 19.0 Å². The van der Waals surface area contributed by atoms with Crippen LogP contribution >= 0.6 is 0 Å². The minimum absolute atomic E-state index is 0.111. The van der Waals surface area contributed by atoms with E-state index in [1.54, 1.807) is 11.1 Å². The topological polar surface area (TPSA) is 76.9 Å². The second-order valence-corrected chi connectivity index (χ2v) is 5.67. The predicted octanol–water partition coefficient (Wildman–Crippen LogP) is 1.78. The van der Waals surface area contributed by atoms with Crippen LogP contribution in [0.1, 0.15) is 21.6 Å². The average Bonchev–Trinajstić information content (AvgIpc) is 2.76. The predicted molar refractivity (Wildman–Crippen MR) is 87.1 cm³/mol. The van der Waals surface area contributed by atoms with E-state index in [1.807, 2.05) is 18.2 Å². The molecule has 2 aromatic rings. The lowest BCUT2D eigenvalue weighted by molar-refractivity contribution is 0.0696. The summed E-state index contributed by atoms with van der Waals surface area (Å²) in [6, 6.07) is 8.02. The lowest BCUT2D eigenvalue weighted by Crippen LogP contribution is -2.44. The second kappa shape index (κ2) is 5.59. The van der Waals surface area contributed by atoms with Gasteiger partial charge in [-0.3, -0.25) is 4.79 Å². The Labute approximate surface area is 139 Å². The molecule has 0 spiro atoms. The van der Waals surface area contributed by atoms with E-state index in [0.717, 1.165) is 12.0 Å². The monoisotopic (exact) mass is 324 g/mol. The van der Waals surface area contributed by atoms with Crippen LogP contribution in [0.3, 0.4) is 0 Å². The fourth-order valence-corrected chi connectivity index (χ4v) is 3.09. The molecule has 0 saturated heterocycles. The first kappa shape index (κ1) is 14.6. The first-order valence-electron chi connectivity index (χ1n) is 7.63. The summed E-state index contributed by atoms with van der Waals surface area (Å²) in [7, 11) is 2.93. The highest BCUT2D eigenvalue weighted by atomic mass is 16.5. The minimum atomic E-state index is -0.199. The van der Waals surface area contributed by atoms with E-state index in [1.165, 1.54) is 19.8 Å². The SMILES string of the molecule is COc1nc2c(nc1OC)C(=O)N1Cc3ccccc3C[C@H]1C=N2. The fraction of sp³-hybridized carbons (Fsp3) is 0.294. The molecule has 4 rings (SSSR count). The Bertz CT molecular complexity index is 850. The summed E-state index contributed by atoms with van der Waals surface area (Å²) in [5.74, 6) is 0.451. The molecule has 7 heteroatoms. The molecule has 0 N–H and O–H groups in total. The Morgan fingerprint density at radius 1 is 1.08 bits per heavy atom. The Morgan fingerprint density at radius 3 is 2.54 bits per heavy atom. The summed E-state index contributed by atoms with van der Waals surface area (Å²) >= 11 is 0. The van der Waals surface area contributed by atoms with Crippen molar-refractivity contribution in [1.82, 2.24) is 14.9 Å². The zero-order valence-corrected chi connectivity index (χ0v) is 13.4. The normalized spacial score (nSPS) is 18.3. The van der Waals surface area contributed by atoms with Crippen LogP contribution in [0.15, 0.2) is 29.3 Å². The average molecular weight is 324 g/mol. The molecule has 122 valence electrons. The smallest absolute Gasteiger partial charge is 0.279 e. The van der Waals surface area contributed by atoms with Crippen molar-refractivity contribution in [2.75, 3.05) is 14.2 Å². The summed E-state index contributed by atoms with van der Waals surface area (Å²) in [4.78, 5) is 27.7. The third-order valence-electron chi connectivity index (χ3n) is 4.32. The van der Waals surface area contributed by atoms with Crippen molar-refractivity contribution in [3.05, 3.63) is 41.1 Å². The molecule has 2 aliphatic heterocycles. The van der Waals surface area contributed by atoms with Gasteiger partial charge < -0.3 is 14.4 Å². The largest absolute Gasteiger partial charge is 0.477 e. The molecule has 1 atom stereocenters. The van der Waals surface area contributed by atoms with Gasteiger partial charge in [-0.1, -0.05) is 24.3 Å². The van der Waals surface area contributed by atoms with E-state index in [-0.39, 0.29) is 35.2 Å². The maximum atomic E-state index is 13.0. The van der Waals surface area contributed by atoms with Crippen molar-refractivity contribution < 1.29 is 14.3 Å². The van der Waals surface area contributed by atoms with Gasteiger partial charge >= 0.3 is 0 Å². The van der Waals surface area contributed by atoms with E-state index in [4.69, 9.17) is 9.47 Å². The van der Waals surface area contributed by atoms with Crippen LogP contribution in [0.5, 0.6) is 11.8 Å². The molecule has 0 radical (unpaired) electrons. The number of ether oxygens (including phenoxy) is 2. The molecule has 0 aliphatic carbocycles. The van der Waals surface area contributed by atoms with Crippen molar-refractivity contribution in [3.8, 4) is 11.8 Å². The third kappa shape index (κ3) is 2.20. The molecule has 1 aromatic carbocycles. The number of rotatable bonds is 2. The zero-order chi connectivity index (χ0) is 16.7. The molecule has 0 bridgehead atoms. The number of hydrogen-bond acceptors (Lipinski definition) is 6. The number of hydrogen-bond donors (Lipinski definition) is 0. The van der Waals surface area contributed by atoms with E-state index in [2.05, 4.69) is 21.0 Å². The molecule has 0 saturated carbocycles. The van der Waals surface area contributed by atoms with Crippen LogP contribution in [0.4, 0.5) is 5.82 Å². The second-order valence-electron chi connectivity index (χ2n) is 5.67. The number of amides is 1. The zero-order valence-electron chi connectivity index (χ0n) is 13.4. The molecule has 2 aliphatic rings. The summed E-state index contributed by atoms with van der Waals surface area (Å²) < 4.78 is 10.3. The summed E-state index contributed by atoms with van der Waals surface area (Å²) in [5, 5.41) is 0. The summed E-state index contributed by atoms with van der Waals surface area (Å²) in [6.45, 7) is 0.529. The van der Waals surface area contributed by atoms with Gasteiger partial charge in [0.25, 0.3) is 17.7 Å². The highest BCUT2D eigenvalue weighted by Gasteiger charge is 2.34. The van der Waals surface area contributed by atoms with Crippen molar-refractivity contribution in [1.29, 1.82) is 0 Å². The van der Waals surface area contributed by atoms with Gasteiger partial charge in [0.05, 0.1) is 20.3 Å². The molecule has 0 fully saturated rings. The van der Waals surface area contributed by atoms with Crippen LogP contribution in [0.25, 0.3) is 0 Å². The molecule has 7 nitrogen and oxygen atoms in total. The Kier molecular flexibility index (Phi) is 3.41. The molecular weight excluding hydrogens is 308 g/mol. The first-order valence-corrected chi connectivity index (χ1v) is 7.63. The number of carbonyl (C=O) groups is 1. The van der Waals surface area contributed by atoms with Gasteiger partial charge in [0, 0.05) is 12.8 Å². The van der Waals surface area contributed by atoms with Crippen LogP contribution in [0, 0.1) is 0 Å². The van der Waals surface area contributed by atoms with Crippen LogP contribution in [-0.2, 0) is 13.0 Å². The van der Waals surface area contributed by atoms with Gasteiger partial charge in [-0.2, -0.15) is 9.97 Å². The Morgan fingerprint density at radius 2 is 1.79 bits per heavy atom. The van der Waals surface area contributed by atoms with Crippen molar-refractivity contribution in [3.63, 3.8) is 0 Å². The number of methoxy groups -OCH3 is 2. The third-order valence-corrected chi connectivity index (χ3v) is 4.32. The van der Waals surface area contributed by atoms with Crippen LogP contribution in [-0.4, -0.2) is 47.3 Å². The molecule has 3 heterocycles. The number of aliphatic imine (C=N–C) groups is 1. The van der Waals surface area contributed by atoms with Gasteiger partial charge in [-0.05, 0) is 17.5 Å². The molecular formula is C17H16N4O3. The molecule has 1 aromatic heterocycles. The van der Waals surface area contributed by atoms with E-state index < -0.39 is 0 Å². The Balaban J connectivity index is 1.79. The lowest BCUT2D eigenvalue weighted by Gasteiger charge is -2.33. The van der Waals surface area contributed by atoms with Gasteiger partial charge in [0.15, 0.2) is 11.5 Å². The van der Waals surface area contributed by atoms with Gasteiger partial charge in [-0.25, -0.2) is 4.99 Å². The quantitative estimate of drug-likeness (QED) is 0.841. The standard InChI is InChI=1S/C17H16N4O3/c1-23-15-16(24-2)20-14-13(19-15)17(22)21-9-11-6-4-3-5-10(11)7-12(21)8-18-14/h3-6,8,12H,7,9H2,1-2H3/t12-/m0/s1. The highest BCUT2D eigenvalue weighted by molar-refractivity contribution is 6.00. The van der Waals surface area contributed by atoms with Crippen LogP contribution < -0.4 is 9.47 Å². The highest BCUT2D eigenvalue weighted by Crippen LogP contribution is 2.32. The van der Waals surface area contributed by atoms with E-state index in [0.29, 0.717) is 6.54 Å². The number of carbonyl (C=O) groups excluding carboxylic acids is 1. The molecule has 1 amide bonds. The summed E-state index contributed by atoms with van der Waals surface area (Å²) in [5.41, 5.74) is 2.57. The van der Waals surface area contributed by atoms with Gasteiger partial charge in [0.1, 0.15) is 0 Å². The van der Waals surface area contributed by atoms with Crippen molar-refractivity contribution >= 4 is 17.9 Å². The molecule has 0 unspecified atom stereocenters. The van der Waals surface area contributed by atoms with Gasteiger partial charge in [0.2, 0.25) is 0 Å². The fourth-order valence-electron chi connectivity index (χ4n) is 3.09. The first-order chi connectivity index (χ1) is 11.7. The van der Waals surface area contributed by atoms with Crippen LogP contribution in [0.2, 0.25) is 0 Å². The maximum Gasteiger partial charge on any atom is 0.279 e. The summed E-state index contributed by atoms with van der Waals surface area (Å²) in [6.07, 6.45) is 2.49. The number of nitrogens with zero attached hydrogens (tertiary/aromatic N) is 4. The maximum absolute atomic E-state index is 13.0. The number of fused-ring (bicyclic) bond motifs is 3.